The first-order valence-electron chi connectivity index (χ1n) is 9.63. The molecule has 0 amide bonds. The molecule has 1 heterocycles. The van der Waals surface area contributed by atoms with E-state index in [1.54, 1.807) is 24.3 Å². The summed E-state index contributed by atoms with van der Waals surface area (Å²) in [6.45, 7) is 0. The second-order valence-electron chi connectivity index (χ2n) is 7.04. The molecule has 1 N–H and O–H groups in total. The maximum absolute atomic E-state index is 12.5. The normalized spacial score (nSPS) is 12.8. The predicted molar refractivity (Wildman–Crippen MR) is 114 cm³/mol. The van der Waals surface area contributed by atoms with E-state index < -0.39 is 0 Å². The monoisotopic (exact) mass is 400 g/mol. The molecule has 0 unspecified atom stereocenters. The van der Waals surface area contributed by atoms with Crippen LogP contribution >= 0.6 is 11.8 Å². The fourth-order valence-corrected chi connectivity index (χ4v) is 4.62. The van der Waals surface area contributed by atoms with E-state index in [2.05, 4.69) is 6.07 Å². The average Bonchev–Trinajstić information content (AvgIpc) is 2.77. The minimum Gasteiger partial charge on any atom is -0.508 e. The Hall–Kier alpha value is -3.10. The summed E-state index contributed by atoms with van der Waals surface area (Å²) in [6, 6.07) is 18.5. The van der Waals surface area contributed by atoms with Crippen LogP contribution in [0.25, 0.3) is 11.1 Å². The third kappa shape index (κ3) is 4.03. The van der Waals surface area contributed by atoms with E-state index in [-0.39, 0.29) is 17.3 Å². The SMILES string of the molecule is N#Cc1c(SCC(=O)c2ccccc2)nc2c(c1-c1ccc(O)cc1)CCCC2. The van der Waals surface area contributed by atoms with Gasteiger partial charge in [-0.25, -0.2) is 4.98 Å². The summed E-state index contributed by atoms with van der Waals surface area (Å²) in [5, 5.41) is 20.2. The van der Waals surface area contributed by atoms with Gasteiger partial charge in [-0.2, -0.15) is 5.26 Å². The van der Waals surface area contributed by atoms with Gasteiger partial charge in [-0.05, 0) is 48.9 Å². The zero-order valence-electron chi connectivity index (χ0n) is 15.9. The number of hydrogen-bond acceptors (Lipinski definition) is 5. The molecule has 0 atom stereocenters. The Morgan fingerprint density at radius 2 is 1.79 bits per heavy atom. The highest BCUT2D eigenvalue weighted by molar-refractivity contribution is 8.00. The first-order chi connectivity index (χ1) is 14.2. The van der Waals surface area contributed by atoms with Crippen molar-refractivity contribution in [2.24, 2.45) is 0 Å². The van der Waals surface area contributed by atoms with E-state index in [1.807, 2.05) is 30.3 Å². The van der Waals surface area contributed by atoms with Gasteiger partial charge in [0.05, 0.1) is 11.3 Å². The van der Waals surface area contributed by atoms with Gasteiger partial charge in [0, 0.05) is 16.8 Å². The zero-order valence-corrected chi connectivity index (χ0v) is 16.7. The molecule has 29 heavy (non-hydrogen) atoms. The third-order valence-corrected chi connectivity index (χ3v) is 6.12. The molecule has 4 rings (SSSR count). The highest BCUT2D eigenvalue weighted by Crippen LogP contribution is 2.38. The molecule has 1 aromatic heterocycles. The van der Waals surface area contributed by atoms with Gasteiger partial charge in [0.15, 0.2) is 5.78 Å². The van der Waals surface area contributed by atoms with E-state index in [9.17, 15) is 15.2 Å². The Kier molecular flexibility index (Phi) is 5.64. The van der Waals surface area contributed by atoms with Crippen LogP contribution in [0.2, 0.25) is 0 Å². The molecule has 0 saturated carbocycles. The molecule has 0 radical (unpaired) electrons. The highest BCUT2D eigenvalue weighted by Gasteiger charge is 2.23. The van der Waals surface area contributed by atoms with Gasteiger partial charge in [0.2, 0.25) is 0 Å². The van der Waals surface area contributed by atoms with E-state index in [0.29, 0.717) is 16.2 Å². The van der Waals surface area contributed by atoms with Crippen molar-refractivity contribution in [3.05, 3.63) is 77.0 Å². The minimum atomic E-state index is 0.0187. The predicted octanol–water partition coefficient (Wildman–Crippen LogP) is 5.18. The molecular weight excluding hydrogens is 380 g/mol. The Balaban J connectivity index is 1.74. The van der Waals surface area contributed by atoms with Gasteiger partial charge in [-0.15, -0.1) is 0 Å². The Labute approximate surface area is 174 Å². The van der Waals surface area contributed by atoms with Crippen LogP contribution in [0.15, 0.2) is 59.6 Å². The van der Waals surface area contributed by atoms with Crippen LogP contribution in [0.4, 0.5) is 0 Å². The Morgan fingerprint density at radius 3 is 2.52 bits per heavy atom. The fourth-order valence-electron chi connectivity index (χ4n) is 3.71. The summed E-state index contributed by atoms with van der Waals surface area (Å²) < 4.78 is 0. The van der Waals surface area contributed by atoms with Gasteiger partial charge < -0.3 is 5.11 Å². The van der Waals surface area contributed by atoms with Crippen molar-refractivity contribution in [2.75, 3.05) is 5.75 Å². The standard InChI is InChI=1S/C24H20N2O2S/c25-14-20-23(17-10-12-18(27)13-11-17)19-8-4-5-9-21(19)26-24(20)29-15-22(28)16-6-2-1-3-7-16/h1-3,6-7,10-13,27H,4-5,8-9,15H2. The summed E-state index contributed by atoms with van der Waals surface area (Å²) >= 11 is 1.33. The van der Waals surface area contributed by atoms with Crippen LogP contribution in [-0.4, -0.2) is 21.6 Å². The number of aromatic nitrogens is 1. The van der Waals surface area contributed by atoms with Crippen LogP contribution in [0.3, 0.4) is 0 Å². The summed E-state index contributed by atoms with van der Waals surface area (Å²) in [7, 11) is 0. The van der Waals surface area contributed by atoms with Gasteiger partial charge in [-0.1, -0.05) is 54.2 Å². The van der Waals surface area contributed by atoms with Gasteiger partial charge in [0.1, 0.15) is 16.8 Å². The van der Waals surface area contributed by atoms with Crippen molar-refractivity contribution in [2.45, 2.75) is 30.7 Å². The average molecular weight is 401 g/mol. The molecule has 2 aromatic carbocycles. The van der Waals surface area contributed by atoms with Gasteiger partial charge >= 0.3 is 0 Å². The number of benzene rings is 2. The number of aryl methyl sites for hydroxylation is 1. The smallest absolute Gasteiger partial charge is 0.173 e. The molecule has 0 saturated heterocycles. The van der Waals surface area contributed by atoms with Gasteiger partial charge in [-0.3, -0.25) is 4.79 Å². The minimum absolute atomic E-state index is 0.0187. The summed E-state index contributed by atoms with van der Waals surface area (Å²) in [5.41, 5.74) is 5.12. The molecule has 3 aromatic rings. The molecule has 4 nitrogen and oxygen atoms in total. The summed E-state index contributed by atoms with van der Waals surface area (Å²) in [6.07, 6.45) is 3.92. The Bertz CT molecular complexity index is 1090. The number of nitrogens with zero attached hydrogens (tertiary/aromatic N) is 2. The molecule has 1 aliphatic rings. The maximum Gasteiger partial charge on any atom is 0.173 e. The molecule has 0 bridgehead atoms. The summed E-state index contributed by atoms with van der Waals surface area (Å²) in [5.74, 6) is 0.447. The third-order valence-electron chi connectivity index (χ3n) is 5.14. The zero-order chi connectivity index (χ0) is 20.2. The number of hydrogen-bond donors (Lipinski definition) is 1. The first kappa shape index (κ1) is 19.2. The van der Waals surface area contributed by atoms with E-state index in [1.165, 1.54) is 11.8 Å². The van der Waals surface area contributed by atoms with Crippen molar-refractivity contribution in [1.29, 1.82) is 5.26 Å². The quantitative estimate of drug-likeness (QED) is 0.472. The van der Waals surface area contributed by atoms with Crippen LogP contribution in [0, 0.1) is 11.3 Å². The number of phenols is 1. The number of aromatic hydroxyl groups is 1. The molecule has 5 heteroatoms. The molecule has 1 aliphatic carbocycles. The number of phenolic OH excluding ortho intramolecular Hbond substituents is 1. The molecule has 144 valence electrons. The van der Waals surface area contributed by atoms with Crippen LogP contribution in [0.1, 0.15) is 40.0 Å². The van der Waals surface area contributed by atoms with Crippen molar-refractivity contribution in [3.8, 4) is 22.9 Å². The second-order valence-corrected chi connectivity index (χ2v) is 8.00. The van der Waals surface area contributed by atoms with Gasteiger partial charge in [0.25, 0.3) is 0 Å². The van der Waals surface area contributed by atoms with Crippen LogP contribution in [0.5, 0.6) is 5.75 Å². The molecular formula is C24H20N2O2S. The number of ketones is 1. The van der Waals surface area contributed by atoms with Crippen LogP contribution in [-0.2, 0) is 12.8 Å². The van der Waals surface area contributed by atoms with Crippen molar-refractivity contribution < 1.29 is 9.90 Å². The number of pyridine rings is 1. The number of carbonyl (C=O) groups is 1. The Morgan fingerprint density at radius 1 is 1.07 bits per heavy atom. The molecule has 0 aliphatic heterocycles. The lowest BCUT2D eigenvalue weighted by molar-refractivity contribution is 0.102. The van der Waals surface area contributed by atoms with E-state index >= 15 is 0 Å². The first-order valence-corrected chi connectivity index (χ1v) is 10.6. The number of fused-ring (bicyclic) bond motifs is 1. The van der Waals surface area contributed by atoms with Crippen LogP contribution < -0.4 is 0 Å². The molecule has 0 spiro atoms. The maximum atomic E-state index is 12.5. The van der Waals surface area contributed by atoms with Crippen molar-refractivity contribution in [1.82, 2.24) is 4.98 Å². The van der Waals surface area contributed by atoms with Crippen molar-refractivity contribution >= 4 is 17.5 Å². The number of thioether (sulfide) groups is 1. The lowest BCUT2D eigenvalue weighted by atomic mass is 9.87. The largest absolute Gasteiger partial charge is 0.508 e. The fraction of sp³-hybridized carbons (Fsp3) is 0.208. The lowest BCUT2D eigenvalue weighted by Gasteiger charge is -2.22. The van der Waals surface area contributed by atoms with Crippen molar-refractivity contribution in [3.63, 3.8) is 0 Å². The number of rotatable bonds is 5. The molecule has 0 fully saturated rings. The second kappa shape index (κ2) is 8.50. The highest BCUT2D eigenvalue weighted by atomic mass is 32.2. The number of Topliss-reactive ketones (excluding diaryl/α,β-unsaturated/α-hetero) is 1. The number of nitriles is 1. The van der Waals surface area contributed by atoms with E-state index in [0.717, 1.165) is 48.1 Å². The number of carbonyl (C=O) groups excluding carboxylic acids is 1. The lowest BCUT2D eigenvalue weighted by Crippen LogP contribution is -2.11. The van der Waals surface area contributed by atoms with E-state index in [4.69, 9.17) is 4.98 Å². The summed E-state index contributed by atoms with van der Waals surface area (Å²) in [4.78, 5) is 17.3. The topological polar surface area (TPSA) is 74.0 Å².